The van der Waals surface area contributed by atoms with Gasteiger partial charge in [0.2, 0.25) is 0 Å². The molecule has 3 nitrogen and oxygen atoms in total. The Morgan fingerprint density at radius 3 is 2.79 bits per heavy atom. The van der Waals surface area contributed by atoms with Gasteiger partial charge in [-0.05, 0) is 24.3 Å². The zero-order chi connectivity index (χ0) is 13.4. The maximum Gasteiger partial charge on any atom is 0.336 e. The Kier molecular flexibility index (Phi) is 3.08. The summed E-state index contributed by atoms with van der Waals surface area (Å²) in [6.07, 6.45) is 0. The van der Waals surface area contributed by atoms with E-state index in [1.165, 1.54) is 11.3 Å². The van der Waals surface area contributed by atoms with Gasteiger partial charge in [-0.2, -0.15) is 0 Å². The summed E-state index contributed by atoms with van der Waals surface area (Å²) in [5.74, 6) is -0.934. The van der Waals surface area contributed by atoms with Crippen LogP contribution in [-0.4, -0.2) is 16.1 Å². The number of carbonyl (C=O) groups is 1. The van der Waals surface area contributed by atoms with Crippen LogP contribution in [0.4, 0.5) is 0 Å². The molecule has 5 heteroatoms. The van der Waals surface area contributed by atoms with Crippen molar-refractivity contribution in [3.8, 4) is 10.6 Å². The highest BCUT2D eigenvalue weighted by atomic mass is 79.9. The molecule has 0 unspecified atom stereocenters. The van der Waals surface area contributed by atoms with Crippen LogP contribution in [0, 0.1) is 0 Å². The second-order valence-electron chi connectivity index (χ2n) is 3.98. The number of rotatable bonds is 2. The quantitative estimate of drug-likeness (QED) is 0.754. The first-order valence-electron chi connectivity index (χ1n) is 5.54. The van der Waals surface area contributed by atoms with Gasteiger partial charge in [0.25, 0.3) is 0 Å². The number of carboxylic acids is 1. The van der Waals surface area contributed by atoms with Gasteiger partial charge in [-0.15, -0.1) is 11.3 Å². The molecule has 1 heterocycles. The fourth-order valence-electron chi connectivity index (χ4n) is 1.87. The lowest BCUT2D eigenvalue weighted by Gasteiger charge is -2.01. The van der Waals surface area contributed by atoms with Crippen molar-refractivity contribution in [1.29, 1.82) is 0 Å². The standard InChI is InChI=1S/C14H8BrNO2S/c15-8-5-6-12-11(7-8)16-13(19-12)9-3-1-2-4-10(9)14(17)18/h1-7H,(H,17,18). The third kappa shape index (κ3) is 2.27. The lowest BCUT2D eigenvalue weighted by atomic mass is 10.1. The number of thiazole rings is 1. The van der Waals surface area contributed by atoms with Crippen molar-refractivity contribution in [3.63, 3.8) is 0 Å². The lowest BCUT2D eigenvalue weighted by molar-refractivity contribution is 0.0697. The second kappa shape index (κ2) is 4.75. The lowest BCUT2D eigenvalue weighted by Crippen LogP contribution is -1.98. The maximum atomic E-state index is 11.2. The van der Waals surface area contributed by atoms with E-state index in [-0.39, 0.29) is 5.56 Å². The fraction of sp³-hybridized carbons (Fsp3) is 0. The molecule has 0 saturated heterocycles. The Morgan fingerprint density at radius 1 is 1.21 bits per heavy atom. The van der Waals surface area contributed by atoms with Crippen LogP contribution < -0.4 is 0 Å². The largest absolute Gasteiger partial charge is 0.478 e. The summed E-state index contributed by atoms with van der Waals surface area (Å²) in [7, 11) is 0. The molecule has 0 spiro atoms. The van der Waals surface area contributed by atoms with Crippen LogP contribution in [0.2, 0.25) is 0 Å². The smallest absolute Gasteiger partial charge is 0.336 e. The summed E-state index contributed by atoms with van der Waals surface area (Å²) < 4.78 is 2.00. The molecule has 0 radical (unpaired) electrons. The van der Waals surface area contributed by atoms with E-state index in [1.807, 2.05) is 24.3 Å². The first-order chi connectivity index (χ1) is 9.15. The number of hydrogen-bond acceptors (Lipinski definition) is 3. The molecule has 0 atom stereocenters. The number of nitrogens with zero attached hydrogens (tertiary/aromatic N) is 1. The number of fused-ring (bicyclic) bond motifs is 1. The third-order valence-corrected chi connectivity index (χ3v) is 4.30. The van der Waals surface area contributed by atoms with Crippen molar-refractivity contribution < 1.29 is 9.90 Å². The van der Waals surface area contributed by atoms with Gasteiger partial charge >= 0.3 is 5.97 Å². The molecule has 94 valence electrons. The van der Waals surface area contributed by atoms with Crippen molar-refractivity contribution >= 4 is 43.5 Å². The van der Waals surface area contributed by atoms with Gasteiger partial charge in [-0.3, -0.25) is 0 Å². The topological polar surface area (TPSA) is 50.2 Å². The van der Waals surface area contributed by atoms with E-state index in [0.29, 0.717) is 5.56 Å². The van der Waals surface area contributed by atoms with Crippen molar-refractivity contribution in [3.05, 3.63) is 52.5 Å². The van der Waals surface area contributed by atoms with Crippen LogP contribution in [0.3, 0.4) is 0 Å². The normalized spacial score (nSPS) is 10.8. The molecule has 3 rings (SSSR count). The van der Waals surface area contributed by atoms with Gasteiger partial charge in [0.15, 0.2) is 0 Å². The van der Waals surface area contributed by atoms with Crippen molar-refractivity contribution in [2.45, 2.75) is 0 Å². The number of benzene rings is 2. The second-order valence-corrected chi connectivity index (χ2v) is 5.93. The number of halogens is 1. The average Bonchev–Trinajstić information content (AvgIpc) is 2.81. The van der Waals surface area contributed by atoms with E-state index in [0.717, 1.165) is 19.7 Å². The highest BCUT2D eigenvalue weighted by molar-refractivity contribution is 9.10. The van der Waals surface area contributed by atoms with Gasteiger partial charge in [0.05, 0.1) is 15.8 Å². The predicted molar refractivity (Wildman–Crippen MR) is 79.7 cm³/mol. The van der Waals surface area contributed by atoms with Crippen LogP contribution >= 0.6 is 27.3 Å². The number of aromatic nitrogens is 1. The number of carboxylic acid groups (broad SMARTS) is 1. The highest BCUT2D eigenvalue weighted by Crippen LogP contribution is 2.33. The summed E-state index contributed by atoms with van der Waals surface area (Å²) in [6.45, 7) is 0. The molecule has 0 aliphatic heterocycles. The molecule has 0 saturated carbocycles. The Morgan fingerprint density at radius 2 is 2.00 bits per heavy atom. The van der Waals surface area contributed by atoms with Crippen molar-refractivity contribution in [2.75, 3.05) is 0 Å². The summed E-state index contributed by atoms with van der Waals surface area (Å²) in [6, 6.07) is 12.8. The third-order valence-electron chi connectivity index (χ3n) is 2.74. The van der Waals surface area contributed by atoms with Gasteiger partial charge < -0.3 is 5.11 Å². The Balaban J connectivity index is 2.22. The van der Waals surface area contributed by atoms with E-state index in [4.69, 9.17) is 0 Å². The number of hydrogen-bond donors (Lipinski definition) is 1. The fourth-order valence-corrected chi connectivity index (χ4v) is 3.21. The SMILES string of the molecule is O=C(O)c1ccccc1-c1nc2cc(Br)ccc2s1. The molecule has 19 heavy (non-hydrogen) atoms. The zero-order valence-corrected chi connectivity index (χ0v) is 12.0. The van der Waals surface area contributed by atoms with E-state index < -0.39 is 5.97 Å². The van der Waals surface area contributed by atoms with Crippen LogP contribution in [-0.2, 0) is 0 Å². The predicted octanol–water partition coefficient (Wildman–Crippen LogP) is 4.42. The first-order valence-corrected chi connectivity index (χ1v) is 7.15. The monoisotopic (exact) mass is 333 g/mol. The van der Waals surface area contributed by atoms with Crippen molar-refractivity contribution in [1.82, 2.24) is 4.98 Å². The molecule has 1 aromatic heterocycles. The Hall–Kier alpha value is -1.72. The van der Waals surface area contributed by atoms with Gasteiger partial charge in [0, 0.05) is 10.0 Å². The van der Waals surface area contributed by atoms with E-state index in [9.17, 15) is 9.90 Å². The van der Waals surface area contributed by atoms with Crippen LogP contribution in [0.1, 0.15) is 10.4 Å². The molecular weight excluding hydrogens is 326 g/mol. The Labute approximate surface area is 121 Å². The van der Waals surface area contributed by atoms with Crippen LogP contribution in [0.5, 0.6) is 0 Å². The molecule has 1 N–H and O–H groups in total. The first kappa shape index (κ1) is 12.3. The summed E-state index contributed by atoms with van der Waals surface area (Å²) in [5, 5.41) is 9.94. The van der Waals surface area contributed by atoms with Crippen LogP contribution in [0.15, 0.2) is 46.9 Å². The molecule has 0 aliphatic rings. The van der Waals surface area contributed by atoms with Crippen molar-refractivity contribution in [2.24, 2.45) is 0 Å². The van der Waals surface area contributed by atoms with E-state index in [1.54, 1.807) is 18.2 Å². The van der Waals surface area contributed by atoms with E-state index in [2.05, 4.69) is 20.9 Å². The average molecular weight is 334 g/mol. The molecular formula is C14H8BrNO2S. The Bertz CT molecular complexity index is 782. The molecule has 0 bridgehead atoms. The van der Waals surface area contributed by atoms with E-state index >= 15 is 0 Å². The maximum absolute atomic E-state index is 11.2. The molecule has 0 amide bonds. The molecule has 3 aromatic rings. The summed E-state index contributed by atoms with van der Waals surface area (Å²) in [4.78, 5) is 15.7. The van der Waals surface area contributed by atoms with Gasteiger partial charge in [0.1, 0.15) is 5.01 Å². The molecule has 2 aromatic carbocycles. The summed E-state index contributed by atoms with van der Waals surface area (Å²) in [5.41, 5.74) is 1.81. The van der Waals surface area contributed by atoms with Crippen LogP contribution in [0.25, 0.3) is 20.8 Å². The van der Waals surface area contributed by atoms with Gasteiger partial charge in [-0.25, -0.2) is 9.78 Å². The zero-order valence-electron chi connectivity index (χ0n) is 9.63. The molecule has 0 fully saturated rings. The number of aromatic carboxylic acids is 1. The minimum Gasteiger partial charge on any atom is -0.478 e. The summed E-state index contributed by atoms with van der Waals surface area (Å²) >= 11 is 4.90. The minimum absolute atomic E-state index is 0.278. The molecule has 0 aliphatic carbocycles. The van der Waals surface area contributed by atoms with Gasteiger partial charge in [-0.1, -0.05) is 34.1 Å². The highest BCUT2D eigenvalue weighted by Gasteiger charge is 2.14. The minimum atomic E-state index is -0.934.